The van der Waals surface area contributed by atoms with Gasteiger partial charge in [-0.15, -0.1) is 0 Å². The highest BCUT2D eigenvalue weighted by Gasteiger charge is 2.11. The minimum atomic E-state index is -0.0818. The van der Waals surface area contributed by atoms with Gasteiger partial charge in [-0.3, -0.25) is 0 Å². The molecule has 0 aromatic heterocycles. The maximum absolute atomic E-state index is 9.05. The zero-order valence-corrected chi connectivity index (χ0v) is 9.96. The lowest BCUT2D eigenvalue weighted by atomic mass is 10.2. The van der Waals surface area contributed by atoms with Crippen LogP contribution < -0.4 is 9.47 Å². The number of hydrogen-bond acceptors (Lipinski definition) is 3. The van der Waals surface area contributed by atoms with Crippen LogP contribution in [0.2, 0.25) is 5.02 Å². The maximum Gasteiger partial charge on any atom is 0.180 e. The molecule has 1 rings (SSSR count). The van der Waals surface area contributed by atoms with E-state index < -0.39 is 0 Å². The van der Waals surface area contributed by atoms with E-state index in [1.807, 2.05) is 6.92 Å². The van der Waals surface area contributed by atoms with Crippen LogP contribution in [0.3, 0.4) is 0 Å². The van der Waals surface area contributed by atoms with Crippen molar-refractivity contribution in [3.8, 4) is 11.5 Å². The molecule has 0 unspecified atom stereocenters. The van der Waals surface area contributed by atoms with Crippen molar-refractivity contribution >= 4 is 11.6 Å². The van der Waals surface area contributed by atoms with Gasteiger partial charge < -0.3 is 14.6 Å². The molecule has 88 valence electrons. The second-order valence-corrected chi connectivity index (χ2v) is 3.50. The summed E-state index contributed by atoms with van der Waals surface area (Å²) in [4.78, 5) is 0. The molecule has 0 saturated heterocycles. The van der Waals surface area contributed by atoms with Crippen molar-refractivity contribution in [1.82, 2.24) is 0 Å². The monoisotopic (exact) mass is 242 g/mol. The highest BCUT2D eigenvalue weighted by atomic mass is 35.5. The smallest absolute Gasteiger partial charge is 0.180 e. The zero-order valence-electron chi connectivity index (χ0n) is 9.20. The van der Waals surface area contributed by atoms with E-state index in [-0.39, 0.29) is 6.61 Å². The summed E-state index contributed by atoms with van der Waals surface area (Å²) in [6.07, 6.45) is 1.63. The molecule has 3 nitrogen and oxygen atoms in total. The Balaban J connectivity index is 3.05. The number of hydrogen-bond donors (Lipinski definition) is 1. The second-order valence-electron chi connectivity index (χ2n) is 3.10. The van der Waals surface area contributed by atoms with E-state index in [2.05, 4.69) is 6.58 Å². The summed E-state index contributed by atoms with van der Waals surface area (Å²) in [6, 6.07) is 3.37. The molecule has 1 N–H and O–H groups in total. The van der Waals surface area contributed by atoms with Gasteiger partial charge in [0.2, 0.25) is 0 Å². The number of ether oxygens (including phenoxy) is 2. The molecule has 16 heavy (non-hydrogen) atoms. The topological polar surface area (TPSA) is 38.7 Å². The predicted octanol–water partition coefficient (Wildman–Crippen LogP) is 2.80. The molecule has 0 amide bonds. The van der Waals surface area contributed by atoms with Gasteiger partial charge in [0.05, 0.1) is 18.2 Å². The summed E-state index contributed by atoms with van der Waals surface area (Å²) in [6.45, 7) is 6.22. The van der Waals surface area contributed by atoms with Crippen LogP contribution in [-0.2, 0) is 6.61 Å². The molecular formula is C12H15ClO3. The lowest BCUT2D eigenvalue weighted by molar-refractivity contribution is 0.276. The summed E-state index contributed by atoms with van der Waals surface area (Å²) in [5.41, 5.74) is 0.694. The SMILES string of the molecule is C=CCOc1c(Cl)cc(CO)cc1OCC. The van der Waals surface area contributed by atoms with Crippen molar-refractivity contribution in [3.63, 3.8) is 0 Å². The summed E-state index contributed by atoms with van der Waals surface area (Å²) in [7, 11) is 0. The molecule has 0 saturated carbocycles. The molecule has 0 fully saturated rings. The van der Waals surface area contributed by atoms with Crippen molar-refractivity contribution < 1.29 is 14.6 Å². The van der Waals surface area contributed by atoms with Crippen LogP contribution >= 0.6 is 11.6 Å². The summed E-state index contributed by atoms with van der Waals surface area (Å²) in [5.74, 6) is 1.03. The van der Waals surface area contributed by atoms with Crippen LogP contribution in [0.1, 0.15) is 12.5 Å². The van der Waals surface area contributed by atoms with Crippen LogP contribution in [0.25, 0.3) is 0 Å². The second kappa shape index (κ2) is 6.40. The molecule has 1 aromatic rings. The Labute approximate surface area is 100 Å². The molecule has 0 spiro atoms. The molecule has 0 aliphatic rings. The summed E-state index contributed by atoms with van der Waals surface area (Å²) in [5, 5.41) is 9.48. The number of aliphatic hydroxyl groups is 1. The average Bonchev–Trinajstić information content (AvgIpc) is 2.28. The zero-order chi connectivity index (χ0) is 12.0. The third-order valence-electron chi connectivity index (χ3n) is 1.90. The third kappa shape index (κ3) is 3.15. The van der Waals surface area contributed by atoms with Gasteiger partial charge in [-0.05, 0) is 24.6 Å². The quantitative estimate of drug-likeness (QED) is 0.780. The Morgan fingerprint density at radius 2 is 2.19 bits per heavy atom. The van der Waals surface area contributed by atoms with E-state index in [1.54, 1.807) is 18.2 Å². The van der Waals surface area contributed by atoms with Gasteiger partial charge in [0.15, 0.2) is 11.5 Å². The molecule has 0 bridgehead atoms. The van der Waals surface area contributed by atoms with Crippen molar-refractivity contribution in [1.29, 1.82) is 0 Å². The first-order chi connectivity index (χ1) is 7.72. The third-order valence-corrected chi connectivity index (χ3v) is 2.18. The first-order valence-electron chi connectivity index (χ1n) is 5.02. The van der Waals surface area contributed by atoms with Crippen LogP contribution in [0, 0.1) is 0 Å². The average molecular weight is 243 g/mol. The molecule has 0 aliphatic heterocycles. The Hall–Kier alpha value is -1.19. The molecule has 0 radical (unpaired) electrons. The molecule has 1 aromatic carbocycles. The van der Waals surface area contributed by atoms with Gasteiger partial charge in [0, 0.05) is 0 Å². The minimum absolute atomic E-state index is 0.0818. The van der Waals surface area contributed by atoms with Crippen LogP contribution in [-0.4, -0.2) is 18.3 Å². The van der Waals surface area contributed by atoms with Crippen LogP contribution in [0.4, 0.5) is 0 Å². The highest BCUT2D eigenvalue weighted by Crippen LogP contribution is 2.36. The van der Waals surface area contributed by atoms with Gasteiger partial charge in [-0.2, -0.15) is 0 Å². The maximum atomic E-state index is 9.05. The Morgan fingerprint density at radius 1 is 1.44 bits per heavy atom. The summed E-state index contributed by atoms with van der Waals surface area (Å²) < 4.78 is 10.8. The first kappa shape index (κ1) is 12.9. The normalized spacial score (nSPS) is 9.94. The number of halogens is 1. The summed E-state index contributed by atoms with van der Waals surface area (Å²) >= 11 is 6.03. The molecular weight excluding hydrogens is 228 g/mol. The van der Waals surface area contributed by atoms with E-state index in [0.29, 0.717) is 35.3 Å². The molecule has 0 atom stereocenters. The minimum Gasteiger partial charge on any atom is -0.490 e. The lowest BCUT2D eigenvalue weighted by Gasteiger charge is -2.13. The highest BCUT2D eigenvalue weighted by molar-refractivity contribution is 6.32. The molecule has 0 aliphatic carbocycles. The van der Waals surface area contributed by atoms with E-state index in [1.165, 1.54) is 0 Å². The van der Waals surface area contributed by atoms with Crippen molar-refractivity contribution in [3.05, 3.63) is 35.4 Å². The van der Waals surface area contributed by atoms with Crippen molar-refractivity contribution in [2.45, 2.75) is 13.5 Å². The van der Waals surface area contributed by atoms with Gasteiger partial charge in [-0.1, -0.05) is 24.3 Å². The van der Waals surface area contributed by atoms with Gasteiger partial charge in [0.25, 0.3) is 0 Å². The van der Waals surface area contributed by atoms with E-state index in [0.717, 1.165) is 0 Å². The Morgan fingerprint density at radius 3 is 2.75 bits per heavy atom. The van der Waals surface area contributed by atoms with Gasteiger partial charge in [0.1, 0.15) is 6.61 Å². The Kier molecular flexibility index (Phi) is 5.15. The van der Waals surface area contributed by atoms with E-state index in [4.69, 9.17) is 26.2 Å². The van der Waals surface area contributed by atoms with Crippen LogP contribution in [0.5, 0.6) is 11.5 Å². The van der Waals surface area contributed by atoms with E-state index in [9.17, 15) is 0 Å². The van der Waals surface area contributed by atoms with Crippen molar-refractivity contribution in [2.24, 2.45) is 0 Å². The fourth-order valence-electron chi connectivity index (χ4n) is 1.26. The standard InChI is InChI=1S/C12H15ClO3/c1-3-5-16-12-10(13)6-9(8-14)7-11(12)15-4-2/h3,6-7,14H,1,4-5,8H2,2H3. The fourth-order valence-corrected chi connectivity index (χ4v) is 1.55. The van der Waals surface area contributed by atoms with E-state index >= 15 is 0 Å². The van der Waals surface area contributed by atoms with Gasteiger partial charge in [-0.25, -0.2) is 0 Å². The number of rotatable bonds is 6. The number of benzene rings is 1. The lowest BCUT2D eigenvalue weighted by Crippen LogP contribution is -2.00. The predicted molar refractivity (Wildman–Crippen MR) is 64.2 cm³/mol. The number of aliphatic hydroxyl groups excluding tert-OH is 1. The van der Waals surface area contributed by atoms with Crippen molar-refractivity contribution in [2.75, 3.05) is 13.2 Å². The molecule has 4 heteroatoms. The largest absolute Gasteiger partial charge is 0.490 e. The van der Waals surface area contributed by atoms with Gasteiger partial charge >= 0.3 is 0 Å². The van der Waals surface area contributed by atoms with Crippen LogP contribution in [0.15, 0.2) is 24.8 Å². The fraction of sp³-hybridized carbons (Fsp3) is 0.333. The first-order valence-corrected chi connectivity index (χ1v) is 5.40. The Bertz CT molecular complexity index is 364. The molecule has 0 heterocycles.